The molecule has 0 saturated heterocycles. The Balaban J connectivity index is 2.97. The highest BCUT2D eigenvalue weighted by Crippen LogP contribution is 2.30. The van der Waals surface area contributed by atoms with Crippen molar-refractivity contribution >= 4 is 0 Å². The molecule has 0 fully saturated rings. The minimum absolute atomic E-state index is 0.291. The Labute approximate surface area is 95.9 Å². The lowest BCUT2D eigenvalue weighted by Gasteiger charge is -2.28. The van der Waals surface area contributed by atoms with Crippen molar-refractivity contribution in [2.24, 2.45) is 0 Å². The van der Waals surface area contributed by atoms with Gasteiger partial charge in [0.05, 0.1) is 0 Å². The van der Waals surface area contributed by atoms with Crippen LogP contribution in [0.1, 0.15) is 32.8 Å². The number of hydrogen-bond acceptors (Lipinski definition) is 1. The van der Waals surface area contributed by atoms with Gasteiger partial charge < -0.3 is 5.32 Å². The van der Waals surface area contributed by atoms with Crippen molar-refractivity contribution in [3.05, 3.63) is 35.4 Å². The molecular weight excluding hydrogens is 208 g/mol. The van der Waals surface area contributed by atoms with Crippen LogP contribution in [0.5, 0.6) is 0 Å². The molecule has 0 amide bonds. The van der Waals surface area contributed by atoms with E-state index < -0.39 is 11.6 Å². The zero-order valence-electron chi connectivity index (χ0n) is 10.3. The van der Waals surface area contributed by atoms with Crippen molar-refractivity contribution in [2.75, 3.05) is 7.05 Å². The molecule has 0 spiro atoms. The molecule has 0 aliphatic heterocycles. The summed E-state index contributed by atoms with van der Waals surface area (Å²) in [6.45, 7) is 5.98. The Hall–Kier alpha value is -0.960. The number of rotatable bonds is 4. The third-order valence-electron chi connectivity index (χ3n) is 2.97. The lowest BCUT2D eigenvalue weighted by Crippen LogP contribution is -2.31. The Kier molecular flexibility index (Phi) is 4.03. The molecule has 16 heavy (non-hydrogen) atoms. The lowest BCUT2D eigenvalue weighted by molar-refractivity contribution is 0.389. The third-order valence-corrected chi connectivity index (χ3v) is 2.97. The highest BCUT2D eigenvalue weighted by molar-refractivity contribution is 5.26. The first-order valence-corrected chi connectivity index (χ1v) is 5.49. The van der Waals surface area contributed by atoms with Crippen LogP contribution in [0.2, 0.25) is 0 Å². The minimum Gasteiger partial charge on any atom is -0.317 e. The van der Waals surface area contributed by atoms with Gasteiger partial charge in [-0.05, 0) is 37.4 Å². The van der Waals surface area contributed by atoms with Crippen molar-refractivity contribution in [2.45, 2.75) is 38.6 Å². The summed E-state index contributed by atoms with van der Waals surface area (Å²) in [6, 6.07) is 4.08. The molecule has 1 unspecified atom stereocenters. The van der Waals surface area contributed by atoms with Gasteiger partial charge in [-0.1, -0.05) is 19.9 Å². The van der Waals surface area contributed by atoms with E-state index in [1.54, 1.807) is 0 Å². The van der Waals surface area contributed by atoms with Gasteiger partial charge in [0.2, 0.25) is 0 Å². The zero-order chi connectivity index (χ0) is 12.3. The van der Waals surface area contributed by atoms with E-state index in [1.165, 1.54) is 12.1 Å². The van der Waals surface area contributed by atoms with E-state index in [1.807, 2.05) is 27.8 Å². The molecule has 0 saturated carbocycles. The predicted molar refractivity (Wildman–Crippen MR) is 62.5 cm³/mol. The van der Waals surface area contributed by atoms with Gasteiger partial charge in [0, 0.05) is 12.1 Å². The summed E-state index contributed by atoms with van der Waals surface area (Å²) in [6.07, 6.45) is 0.798. The summed E-state index contributed by atoms with van der Waals surface area (Å²) in [5.74, 6) is -0.994. The summed E-state index contributed by atoms with van der Waals surface area (Å²) >= 11 is 0. The molecule has 0 radical (unpaired) electrons. The monoisotopic (exact) mass is 227 g/mol. The van der Waals surface area contributed by atoms with Gasteiger partial charge in [-0.25, -0.2) is 8.78 Å². The van der Waals surface area contributed by atoms with E-state index in [0.29, 0.717) is 11.6 Å². The van der Waals surface area contributed by atoms with Gasteiger partial charge in [-0.3, -0.25) is 0 Å². The van der Waals surface area contributed by atoms with Crippen molar-refractivity contribution in [1.29, 1.82) is 0 Å². The molecule has 1 atom stereocenters. The fraction of sp³-hybridized carbons (Fsp3) is 0.538. The van der Waals surface area contributed by atoms with Crippen molar-refractivity contribution in [1.82, 2.24) is 5.32 Å². The molecule has 0 aromatic heterocycles. The number of hydrogen-bond donors (Lipinski definition) is 1. The van der Waals surface area contributed by atoms with Crippen LogP contribution in [0.3, 0.4) is 0 Å². The van der Waals surface area contributed by atoms with Gasteiger partial charge in [0.15, 0.2) is 0 Å². The Bertz CT molecular complexity index is 361. The summed E-state index contributed by atoms with van der Waals surface area (Å²) in [4.78, 5) is 0. The maximum absolute atomic E-state index is 13.6. The quantitative estimate of drug-likeness (QED) is 0.832. The van der Waals surface area contributed by atoms with Crippen LogP contribution < -0.4 is 5.32 Å². The molecule has 90 valence electrons. The summed E-state index contributed by atoms with van der Waals surface area (Å²) in [5, 5.41) is 3.13. The molecule has 0 aliphatic carbocycles. The Morgan fingerprint density at radius 3 is 2.44 bits per heavy atom. The maximum Gasteiger partial charge on any atom is 0.129 e. The highest BCUT2D eigenvalue weighted by atomic mass is 19.1. The van der Waals surface area contributed by atoms with Crippen LogP contribution in [-0.2, 0) is 5.41 Å². The molecular formula is C13H19F2N. The first kappa shape index (κ1) is 13.1. The van der Waals surface area contributed by atoms with Gasteiger partial charge >= 0.3 is 0 Å². The Morgan fingerprint density at radius 1 is 1.31 bits per heavy atom. The van der Waals surface area contributed by atoms with Crippen LogP contribution in [0.25, 0.3) is 0 Å². The van der Waals surface area contributed by atoms with Crippen LogP contribution in [0, 0.1) is 11.6 Å². The number of nitrogens with one attached hydrogen (secondary N) is 1. The molecule has 1 nitrogen and oxygen atoms in total. The van der Waals surface area contributed by atoms with E-state index >= 15 is 0 Å². The second-order valence-corrected chi connectivity index (χ2v) is 4.90. The molecule has 0 aliphatic rings. The molecule has 1 N–H and O–H groups in total. The van der Waals surface area contributed by atoms with Crippen molar-refractivity contribution < 1.29 is 8.78 Å². The zero-order valence-corrected chi connectivity index (χ0v) is 10.3. The average molecular weight is 227 g/mol. The molecule has 0 bridgehead atoms. The minimum atomic E-state index is -0.529. The predicted octanol–water partition coefficient (Wildman–Crippen LogP) is 3.24. The molecule has 1 aromatic rings. The molecule has 1 aromatic carbocycles. The van der Waals surface area contributed by atoms with E-state index in [2.05, 4.69) is 5.32 Å². The summed E-state index contributed by atoms with van der Waals surface area (Å²) in [7, 11) is 1.88. The van der Waals surface area contributed by atoms with E-state index in [0.717, 1.165) is 12.5 Å². The van der Waals surface area contributed by atoms with E-state index in [4.69, 9.17) is 0 Å². The van der Waals surface area contributed by atoms with Crippen LogP contribution in [0.4, 0.5) is 8.78 Å². The van der Waals surface area contributed by atoms with Gasteiger partial charge in [0.1, 0.15) is 11.6 Å². The largest absolute Gasteiger partial charge is 0.317 e. The van der Waals surface area contributed by atoms with Crippen LogP contribution >= 0.6 is 0 Å². The summed E-state index contributed by atoms with van der Waals surface area (Å²) < 4.78 is 26.5. The first-order valence-electron chi connectivity index (χ1n) is 5.49. The maximum atomic E-state index is 13.6. The van der Waals surface area contributed by atoms with Crippen molar-refractivity contribution in [3.63, 3.8) is 0 Å². The topological polar surface area (TPSA) is 12.0 Å². The van der Waals surface area contributed by atoms with E-state index in [9.17, 15) is 8.78 Å². The second kappa shape index (κ2) is 4.91. The van der Waals surface area contributed by atoms with Gasteiger partial charge in [-0.15, -0.1) is 0 Å². The first-order chi connectivity index (χ1) is 7.36. The normalized spacial score (nSPS) is 13.9. The van der Waals surface area contributed by atoms with Gasteiger partial charge in [0.25, 0.3) is 0 Å². The van der Waals surface area contributed by atoms with Crippen LogP contribution in [0.15, 0.2) is 18.2 Å². The molecule has 1 rings (SSSR count). The highest BCUT2D eigenvalue weighted by Gasteiger charge is 2.26. The fourth-order valence-electron chi connectivity index (χ4n) is 2.02. The number of halogens is 2. The molecule has 3 heteroatoms. The standard InChI is InChI=1S/C13H19F2N/c1-9(16-4)8-13(2,3)11-6-5-10(14)7-12(11)15/h5-7,9,16H,8H2,1-4H3. The van der Waals surface area contributed by atoms with E-state index in [-0.39, 0.29) is 5.41 Å². The van der Waals surface area contributed by atoms with Crippen LogP contribution in [-0.4, -0.2) is 13.1 Å². The van der Waals surface area contributed by atoms with Crippen molar-refractivity contribution in [3.8, 4) is 0 Å². The summed E-state index contributed by atoms with van der Waals surface area (Å²) in [5.41, 5.74) is 0.260. The Morgan fingerprint density at radius 2 is 1.94 bits per heavy atom. The molecule has 0 heterocycles. The second-order valence-electron chi connectivity index (χ2n) is 4.90. The lowest BCUT2D eigenvalue weighted by atomic mass is 9.79. The SMILES string of the molecule is CNC(C)CC(C)(C)c1ccc(F)cc1F. The van der Waals surface area contributed by atoms with Gasteiger partial charge in [-0.2, -0.15) is 0 Å². The average Bonchev–Trinajstić information content (AvgIpc) is 2.16. The third kappa shape index (κ3) is 3.01. The fourth-order valence-corrected chi connectivity index (χ4v) is 2.02. The smallest absolute Gasteiger partial charge is 0.129 e. The number of benzene rings is 1.